The molecule has 1 unspecified atom stereocenters. The standard InChI is InChI=1S/C30H32F2N2O4S/c1-4-5-8-20(38-3)11-10-18-7-6-9-22-21(18)12-13-26-27(22)33-30(39-26)34-28(35)19-15-24(31)23(25(32)16-19)14-17(2)29(36)37/h6-7,9,14-16,20H,4-5,8,10-13H2,1-3H3,(H,36,37)(H,33,34,35). The maximum Gasteiger partial charge on any atom is 0.331 e. The van der Waals surface area contributed by atoms with Gasteiger partial charge in [-0.2, -0.15) is 0 Å². The normalized spacial score (nSPS) is 13.5. The van der Waals surface area contributed by atoms with Gasteiger partial charge in [-0.25, -0.2) is 18.6 Å². The van der Waals surface area contributed by atoms with E-state index in [-0.39, 0.29) is 17.2 Å². The number of anilines is 1. The van der Waals surface area contributed by atoms with Gasteiger partial charge in [0, 0.05) is 34.3 Å². The first-order valence-electron chi connectivity index (χ1n) is 13.1. The number of halogens is 2. The van der Waals surface area contributed by atoms with Crippen LogP contribution in [0.5, 0.6) is 0 Å². The van der Waals surface area contributed by atoms with Crippen molar-refractivity contribution in [2.75, 3.05) is 12.4 Å². The molecule has 0 saturated heterocycles. The summed E-state index contributed by atoms with van der Waals surface area (Å²) in [6.45, 7) is 3.41. The van der Waals surface area contributed by atoms with Gasteiger partial charge < -0.3 is 9.84 Å². The third-order valence-corrected chi connectivity index (χ3v) is 8.07. The average molecular weight is 555 g/mol. The largest absolute Gasteiger partial charge is 0.478 e. The smallest absolute Gasteiger partial charge is 0.331 e. The summed E-state index contributed by atoms with van der Waals surface area (Å²) in [5.41, 5.74) is 3.48. The summed E-state index contributed by atoms with van der Waals surface area (Å²) in [6, 6.07) is 8.02. The number of carboxylic acids is 1. The Labute approximate surface area is 230 Å². The van der Waals surface area contributed by atoms with E-state index < -0.39 is 29.1 Å². The first-order chi connectivity index (χ1) is 18.7. The topological polar surface area (TPSA) is 88.5 Å². The van der Waals surface area contributed by atoms with Crippen LogP contribution in [0, 0.1) is 11.6 Å². The number of ether oxygens (including phenoxy) is 1. The predicted octanol–water partition coefficient (Wildman–Crippen LogP) is 7.06. The molecule has 39 heavy (non-hydrogen) atoms. The summed E-state index contributed by atoms with van der Waals surface area (Å²) in [7, 11) is 1.77. The van der Waals surface area contributed by atoms with Gasteiger partial charge in [0.2, 0.25) is 0 Å². The number of nitrogens with one attached hydrogen (secondary N) is 1. The summed E-state index contributed by atoms with van der Waals surface area (Å²) in [6.07, 6.45) is 8.02. The summed E-state index contributed by atoms with van der Waals surface area (Å²) >= 11 is 1.36. The fraction of sp³-hybridized carbons (Fsp3) is 0.367. The molecule has 6 nitrogen and oxygen atoms in total. The number of hydrogen-bond acceptors (Lipinski definition) is 5. The molecule has 0 bridgehead atoms. The highest BCUT2D eigenvalue weighted by Crippen LogP contribution is 2.40. The van der Waals surface area contributed by atoms with Gasteiger partial charge in [-0.15, -0.1) is 11.3 Å². The number of unbranched alkanes of at least 4 members (excludes halogenated alkanes) is 1. The van der Waals surface area contributed by atoms with Gasteiger partial charge in [0.1, 0.15) is 11.6 Å². The summed E-state index contributed by atoms with van der Waals surface area (Å²) in [5, 5.41) is 12.0. The van der Waals surface area contributed by atoms with Crippen molar-refractivity contribution in [2.45, 2.75) is 64.9 Å². The number of hydrogen-bond donors (Lipinski definition) is 2. The predicted molar refractivity (Wildman–Crippen MR) is 149 cm³/mol. The van der Waals surface area contributed by atoms with E-state index in [1.807, 2.05) is 12.1 Å². The summed E-state index contributed by atoms with van der Waals surface area (Å²) < 4.78 is 34.8. The lowest BCUT2D eigenvalue weighted by molar-refractivity contribution is -0.132. The summed E-state index contributed by atoms with van der Waals surface area (Å²) in [5.74, 6) is -4.03. The Hall–Kier alpha value is -3.43. The van der Waals surface area contributed by atoms with Crippen molar-refractivity contribution in [3.63, 3.8) is 0 Å². The Morgan fingerprint density at radius 3 is 2.62 bits per heavy atom. The van der Waals surface area contributed by atoms with Crippen LogP contribution in [-0.4, -0.2) is 35.2 Å². The number of rotatable bonds is 11. The second-order valence-electron chi connectivity index (χ2n) is 9.71. The zero-order valence-corrected chi connectivity index (χ0v) is 23.1. The first kappa shape index (κ1) is 28.6. The van der Waals surface area contributed by atoms with E-state index in [0.29, 0.717) is 5.13 Å². The van der Waals surface area contributed by atoms with E-state index in [4.69, 9.17) is 9.84 Å². The lowest BCUT2D eigenvalue weighted by Gasteiger charge is -2.20. The van der Waals surface area contributed by atoms with Crippen molar-refractivity contribution in [2.24, 2.45) is 0 Å². The number of benzene rings is 2. The molecule has 3 aromatic rings. The van der Waals surface area contributed by atoms with Crippen molar-refractivity contribution >= 4 is 34.4 Å². The van der Waals surface area contributed by atoms with Crippen molar-refractivity contribution in [1.82, 2.24) is 4.98 Å². The molecule has 1 aliphatic carbocycles. The summed E-state index contributed by atoms with van der Waals surface area (Å²) in [4.78, 5) is 29.6. The number of thiazole rings is 1. The van der Waals surface area contributed by atoms with Gasteiger partial charge >= 0.3 is 5.97 Å². The number of amides is 1. The van der Waals surface area contributed by atoms with Crippen LogP contribution >= 0.6 is 11.3 Å². The van der Waals surface area contributed by atoms with E-state index in [1.165, 1.54) is 29.4 Å². The van der Waals surface area contributed by atoms with Gasteiger partial charge in [-0.3, -0.25) is 10.1 Å². The highest BCUT2D eigenvalue weighted by atomic mass is 32.1. The lowest BCUT2D eigenvalue weighted by atomic mass is 9.87. The highest BCUT2D eigenvalue weighted by Gasteiger charge is 2.24. The fourth-order valence-electron chi connectivity index (χ4n) is 4.84. The van der Waals surface area contributed by atoms with Crippen molar-refractivity contribution in [3.8, 4) is 11.3 Å². The minimum atomic E-state index is -1.29. The number of nitrogens with zero attached hydrogens (tertiary/aromatic N) is 1. The molecule has 1 aliphatic rings. The number of carbonyl (C=O) groups is 2. The van der Waals surface area contributed by atoms with Gasteiger partial charge in [0.15, 0.2) is 5.13 Å². The van der Waals surface area contributed by atoms with Crippen LogP contribution in [0.3, 0.4) is 0 Å². The van der Waals surface area contributed by atoms with Crippen LogP contribution in [0.25, 0.3) is 17.3 Å². The quantitative estimate of drug-likeness (QED) is 0.248. The van der Waals surface area contributed by atoms with Gasteiger partial charge in [0.25, 0.3) is 5.91 Å². The molecular weight excluding hydrogens is 522 g/mol. The van der Waals surface area contributed by atoms with Crippen LogP contribution in [0.1, 0.15) is 71.5 Å². The van der Waals surface area contributed by atoms with E-state index in [1.54, 1.807) is 7.11 Å². The molecule has 206 valence electrons. The molecule has 0 radical (unpaired) electrons. The number of aromatic nitrogens is 1. The molecule has 2 aromatic carbocycles. The number of fused-ring (bicyclic) bond motifs is 3. The zero-order chi connectivity index (χ0) is 28.1. The Kier molecular flexibility index (Phi) is 9.24. The van der Waals surface area contributed by atoms with E-state index in [0.717, 1.165) is 79.3 Å². The van der Waals surface area contributed by atoms with Gasteiger partial charge in [0.05, 0.1) is 11.8 Å². The third kappa shape index (κ3) is 6.59. The molecule has 4 rings (SSSR count). The van der Waals surface area contributed by atoms with Crippen LogP contribution < -0.4 is 5.32 Å². The van der Waals surface area contributed by atoms with E-state index in [2.05, 4.69) is 23.3 Å². The third-order valence-electron chi connectivity index (χ3n) is 7.04. The molecular formula is C30H32F2N2O4S. The molecule has 1 atom stereocenters. The van der Waals surface area contributed by atoms with Crippen LogP contribution in [0.15, 0.2) is 35.9 Å². The van der Waals surface area contributed by atoms with Crippen molar-refractivity contribution in [1.29, 1.82) is 0 Å². The molecule has 1 amide bonds. The molecule has 9 heteroatoms. The minimum absolute atomic E-state index is 0.221. The molecule has 1 aromatic heterocycles. The van der Waals surface area contributed by atoms with Crippen LogP contribution in [-0.2, 0) is 28.8 Å². The second-order valence-corrected chi connectivity index (χ2v) is 10.8. The lowest BCUT2D eigenvalue weighted by Crippen LogP contribution is -2.13. The van der Waals surface area contributed by atoms with Crippen LogP contribution in [0.4, 0.5) is 13.9 Å². The molecule has 1 heterocycles. The SMILES string of the molecule is CCCCC(CCc1cccc2c1CCc1sc(NC(=O)c3cc(F)c(C=C(C)C(=O)O)c(F)c3)nc1-2)OC. The number of aryl methyl sites for hydroxylation is 2. The Bertz CT molecular complexity index is 1390. The molecule has 0 aliphatic heterocycles. The number of methoxy groups -OCH3 is 1. The maximum atomic E-state index is 14.5. The van der Waals surface area contributed by atoms with E-state index >= 15 is 0 Å². The Morgan fingerprint density at radius 2 is 1.95 bits per heavy atom. The van der Waals surface area contributed by atoms with Gasteiger partial charge in [-0.1, -0.05) is 38.0 Å². The first-order valence-corrected chi connectivity index (χ1v) is 13.9. The molecule has 0 saturated carbocycles. The Morgan fingerprint density at radius 1 is 1.21 bits per heavy atom. The number of carbonyl (C=O) groups excluding carboxylic acids is 1. The zero-order valence-electron chi connectivity index (χ0n) is 22.3. The number of carboxylic acid groups (broad SMARTS) is 1. The molecule has 2 N–H and O–H groups in total. The average Bonchev–Trinajstić information content (AvgIpc) is 3.33. The monoisotopic (exact) mass is 554 g/mol. The fourth-order valence-corrected chi connectivity index (χ4v) is 5.81. The molecule has 0 spiro atoms. The van der Waals surface area contributed by atoms with E-state index in [9.17, 15) is 18.4 Å². The van der Waals surface area contributed by atoms with Crippen molar-refractivity contribution in [3.05, 3.63) is 74.7 Å². The minimum Gasteiger partial charge on any atom is -0.478 e. The van der Waals surface area contributed by atoms with Gasteiger partial charge in [-0.05, 0) is 68.4 Å². The second kappa shape index (κ2) is 12.6. The van der Waals surface area contributed by atoms with Crippen LogP contribution in [0.2, 0.25) is 0 Å². The van der Waals surface area contributed by atoms with Crippen molar-refractivity contribution < 1.29 is 28.2 Å². The maximum absolute atomic E-state index is 14.5. The number of aliphatic carboxylic acids is 1. The highest BCUT2D eigenvalue weighted by molar-refractivity contribution is 7.16. The molecule has 0 fully saturated rings. The Balaban J connectivity index is 1.52.